The van der Waals surface area contributed by atoms with E-state index in [9.17, 15) is 0 Å². The number of halogens is 1. The van der Waals surface area contributed by atoms with Gasteiger partial charge in [0.05, 0.1) is 0 Å². The van der Waals surface area contributed by atoms with Crippen molar-refractivity contribution in [3.8, 4) is 11.5 Å². The van der Waals surface area contributed by atoms with Crippen molar-refractivity contribution in [1.82, 2.24) is 5.32 Å². The zero-order valence-electron chi connectivity index (χ0n) is 12.7. The predicted molar refractivity (Wildman–Crippen MR) is 85.4 cm³/mol. The van der Waals surface area contributed by atoms with Gasteiger partial charge in [0.2, 0.25) is 0 Å². The van der Waals surface area contributed by atoms with Gasteiger partial charge in [0.25, 0.3) is 0 Å². The van der Waals surface area contributed by atoms with E-state index in [1.165, 1.54) is 31.2 Å². The zero-order chi connectivity index (χ0) is 14.7. The maximum Gasteiger partial charge on any atom is 0.162 e. The molecule has 116 valence electrons. The molecule has 1 aliphatic heterocycles. The van der Waals surface area contributed by atoms with E-state index < -0.39 is 0 Å². The molecule has 0 radical (unpaired) electrons. The Kier molecular flexibility index (Phi) is 4.91. The molecule has 1 aromatic rings. The summed E-state index contributed by atoms with van der Waals surface area (Å²) in [5, 5.41) is 4.49. The van der Waals surface area contributed by atoms with Gasteiger partial charge < -0.3 is 14.8 Å². The van der Waals surface area contributed by atoms with Gasteiger partial charge in [0, 0.05) is 17.1 Å². The number of benzene rings is 1. The molecule has 2 aliphatic rings. The average molecular weight is 310 g/mol. The third-order valence-corrected chi connectivity index (χ3v) is 4.81. The standard InChI is InChI=1S/C17H24ClNO2/c1-2-7-19-17(12-5-3-4-6-12)13-10-15-16(11-14(13)18)21-9-8-20-15/h10-12,17,19H,2-9H2,1H3. The first kappa shape index (κ1) is 15.0. The topological polar surface area (TPSA) is 30.5 Å². The fourth-order valence-corrected chi connectivity index (χ4v) is 3.71. The molecular formula is C17H24ClNO2. The number of nitrogens with one attached hydrogen (secondary N) is 1. The number of hydrogen-bond donors (Lipinski definition) is 1. The maximum absolute atomic E-state index is 6.54. The Morgan fingerprint density at radius 3 is 2.52 bits per heavy atom. The fourth-order valence-electron chi connectivity index (χ4n) is 3.44. The van der Waals surface area contributed by atoms with Crippen LogP contribution in [0.5, 0.6) is 11.5 Å². The molecule has 1 aromatic carbocycles. The Bertz CT molecular complexity index is 486. The molecule has 21 heavy (non-hydrogen) atoms. The van der Waals surface area contributed by atoms with E-state index in [-0.39, 0.29) is 0 Å². The Morgan fingerprint density at radius 2 is 1.86 bits per heavy atom. The van der Waals surface area contributed by atoms with Crippen molar-refractivity contribution in [3.63, 3.8) is 0 Å². The normalized spacial score (nSPS) is 19.7. The molecule has 0 amide bonds. The lowest BCUT2D eigenvalue weighted by molar-refractivity contribution is 0.171. The minimum atomic E-state index is 0.329. The number of rotatable bonds is 5. The van der Waals surface area contributed by atoms with Crippen molar-refractivity contribution < 1.29 is 9.47 Å². The molecule has 0 spiro atoms. The first-order valence-corrected chi connectivity index (χ1v) is 8.50. The second-order valence-electron chi connectivity index (χ2n) is 5.99. The van der Waals surface area contributed by atoms with Crippen molar-refractivity contribution in [3.05, 3.63) is 22.7 Å². The first-order chi connectivity index (χ1) is 10.3. The molecule has 4 heteroatoms. The van der Waals surface area contributed by atoms with Crippen LogP contribution in [0.4, 0.5) is 0 Å². The van der Waals surface area contributed by atoms with Gasteiger partial charge in [-0.05, 0) is 43.4 Å². The van der Waals surface area contributed by atoms with E-state index in [1.807, 2.05) is 6.07 Å². The molecule has 1 N–H and O–H groups in total. The molecule has 3 nitrogen and oxygen atoms in total. The third kappa shape index (κ3) is 3.29. The van der Waals surface area contributed by atoms with Gasteiger partial charge in [-0.1, -0.05) is 31.4 Å². The highest BCUT2D eigenvalue weighted by molar-refractivity contribution is 6.31. The second kappa shape index (κ2) is 6.89. The molecule has 1 unspecified atom stereocenters. The van der Waals surface area contributed by atoms with Crippen molar-refractivity contribution in [2.75, 3.05) is 19.8 Å². The molecule has 1 heterocycles. The third-order valence-electron chi connectivity index (χ3n) is 4.48. The van der Waals surface area contributed by atoms with Crippen LogP contribution in [-0.4, -0.2) is 19.8 Å². The van der Waals surface area contributed by atoms with Crippen LogP contribution in [0.1, 0.15) is 50.6 Å². The Labute approximate surface area is 132 Å². The molecule has 0 aromatic heterocycles. The predicted octanol–water partition coefficient (Wildman–Crippen LogP) is 4.34. The van der Waals surface area contributed by atoms with Gasteiger partial charge in [0.15, 0.2) is 11.5 Å². The monoisotopic (exact) mass is 309 g/mol. The van der Waals surface area contributed by atoms with Gasteiger partial charge in [0.1, 0.15) is 13.2 Å². The lowest BCUT2D eigenvalue weighted by Crippen LogP contribution is -2.28. The van der Waals surface area contributed by atoms with Crippen LogP contribution in [0.2, 0.25) is 5.02 Å². The molecule has 0 saturated heterocycles. The van der Waals surface area contributed by atoms with E-state index in [0.717, 1.165) is 29.5 Å². The highest BCUT2D eigenvalue weighted by Gasteiger charge is 2.29. The van der Waals surface area contributed by atoms with Crippen LogP contribution >= 0.6 is 11.6 Å². The Hall–Kier alpha value is -0.930. The number of fused-ring (bicyclic) bond motifs is 1. The quantitative estimate of drug-likeness (QED) is 0.877. The van der Waals surface area contributed by atoms with Crippen LogP contribution < -0.4 is 14.8 Å². The number of hydrogen-bond acceptors (Lipinski definition) is 3. The minimum absolute atomic E-state index is 0.329. The van der Waals surface area contributed by atoms with Crippen molar-refractivity contribution in [2.24, 2.45) is 5.92 Å². The molecular weight excluding hydrogens is 286 g/mol. The van der Waals surface area contributed by atoms with Crippen LogP contribution in [0.25, 0.3) is 0 Å². The first-order valence-electron chi connectivity index (χ1n) is 8.12. The zero-order valence-corrected chi connectivity index (χ0v) is 13.4. The Balaban J connectivity index is 1.89. The lowest BCUT2D eigenvalue weighted by Gasteiger charge is -2.28. The molecule has 3 rings (SSSR count). The minimum Gasteiger partial charge on any atom is -0.486 e. The van der Waals surface area contributed by atoms with Crippen LogP contribution in [0.15, 0.2) is 12.1 Å². The second-order valence-corrected chi connectivity index (χ2v) is 6.40. The van der Waals surface area contributed by atoms with Gasteiger partial charge in [-0.3, -0.25) is 0 Å². The van der Waals surface area contributed by atoms with E-state index in [0.29, 0.717) is 25.2 Å². The summed E-state index contributed by atoms with van der Waals surface area (Å²) in [4.78, 5) is 0. The van der Waals surface area contributed by atoms with Crippen molar-refractivity contribution in [1.29, 1.82) is 0 Å². The molecule has 1 fully saturated rings. The lowest BCUT2D eigenvalue weighted by atomic mass is 9.91. The summed E-state index contributed by atoms with van der Waals surface area (Å²) >= 11 is 6.54. The summed E-state index contributed by atoms with van der Waals surface area (Å²) in [6.07, 6.45) is 6.36. The van der Waals surface area contributed by atoms with E-state index in [1.54, 1.807) is 0 Å². The van der Waals surface area contributed by atoms with Gasteiger partial charge >= 0.3 is 0 Å². The summed E-state index contributed by atoms with van der Waals surface area (Å²) in [6.45, 7) is 4.43. The van der Waals surface area contributed by atoms with Crippen LogP contribution in [-0.2, 0) is 0 Å². The fraction of sp³-hybridized carbons (Fsp3) is 0.647. The van der Waals surface area contributed by atoms with Crippen molar-refractivity contribution in [2.45, 2.75) is 45.1 Å². The van der Waals surface area contributed by atoms with E-state index in [4.69, 9.17) is 21.1 Å². The molecule has 1 aliphatic carbocycles. The number of ether oxygens (including phenoxy) is 2. The van der Waals surface area contributed by atoms with Crippen LogP contribution in [0, 0.1) is 5.92 Å². The van der Waals surface area contributed by atoms with E-state index in [2.05, 4.69) is 18.3 Å². The maximum atomic E-state index is 6.54. The summed E-state index contributed by atoms with van der Waals surface area (Å²) in [7, 11) is 0. The summed E-state index contributed by atoms with van der Waals surface area (Å²) in [5.74, 6) is 2.29. The SMILES string of the molecule is CCCNC(c1cc2c(cc1Cl)OCCO2)C1CCCC1. The van der Waals surface area contributed by atoms with Gasteiger partial charge in [-0.15, -0.1) is 0 Å². The van der Waals surface area contributed by atoms with Crippen molar-refractivity contribution >= 4 is 11.6 Å². The molecule has 1 atom stereocenters. The molecule has 0 bridgehead atoms. The van der Waals surface area contributed by atoms with E-state index >= 15 is 0 Å². The summed E-state index contributed by atoms with van der Waals surface area (Å²) in [6, 6.07) is 4.33. The van der Waals surface area contributed by atoms with Gasteiger partial charge in [-0.25, -0.2) is 0 Å². The largest absolute Gasteiger partial charge is 0.486 e. The highest BCUT2D eigenvalue weighted by Crippen LogP contribution is 2.43. The smallest absolute Gasteiger partial charge is 0.162 e. The van der Waals surface area contributed by atoms with Crippen LogP contribution in [0.3, 0.4) is 0 Å². The summed E-state index contributed by atoms with van der Waals surface area (Å²) in [5.41, 5.74) is 1.17. The summed E-state index contributed by atoms with van der Waals surface area (Å²) < 4.78 is 11.3. The highest BCUT2D eigenvalue weighted by atomic mass is 35.5. The molecule has 1 saturated carbocycles. The van der Waals surface area contributed by atoms with Gasteiger partial charge in [-0.2, -0.15) is 0 Å². The Morgan fingerprint density at radius 1 is 1.19 bits per heavy atom. The average Bonchev–Trinajstić information content (AvgIpc) is 3.02.